The SMILES string of the molecule is COc1ccc(OC)c([C@H]2CCCCCN2c2cc(C)nc(N)n2)c1. The Kier molecular flexibility index (Phi) is 5.26. The Labute approximate surface area is 149 Å². The van der Waals surface area contributed by atoms with Crippen molar-refractivity contribution in [3.05, 3.63) is 35.5 Å². The van der Waals surface area contributed by atoms with Crippen LogP contribution in [0.1, 0.15) is 43.0 Å². The van der Waals surface area contributed by atoms with Gasteiger partial charge in [0.25, 0.3) is 0 Å². The van der Waals surface area contributed by atoms with E-state index < -0.39 is 0 Å². The summed E-state index contributed by atoms with van der Waals surface area (Å²) in [7, 11) is 3.39. The second-order valence-electron chi connectivity index (χ2n) is 6.39. The third kappa shape index (κ3) is 3.78. The summed E-state index contributed by atoms with van der Waals surface area (Å²) < 4.78 is 11.1. The highest BCUT2D eigenvalue weighted by atomic mass is 16.5. The average molecular weight is 342 g/mol. The van der Waals surface area contributed by atoms with Gasteiger partial charge in [0.15, 0.2) is 0 Å². The molecule has 0 bridgehead atoms. The minimum absolute atomic E-state index is 0.168. The molecule has 2 heterocycles. The maximum Gasteiger partial charge on any atom is 0.222 e. The highest BCUT2D eigenvalue weighted by molar-refractivity contribution is 5.50. The molecule has 0 aliphatic carbocycles. The van der Waals surface area contributed by atoms with E-state index in [0.29, 0.717) is 5.95 Å². The molecule has 1 aromatic heterocycles. The van der Waals surface area contributed by atoms with Crippen LogP contribution in [0.5, 0.6) is 11.5 Å². The zero-order valence-corrected chi connectivity index (χ0v) is 15.2. The summed E-state index contributed by atoms with van der Waals surface area (Å²) in [6.45, 7) is 2.88. The molecule has 1 aliphatic rings. The van der Waals surface area contributed by atoms with Crippen LogP contribution in [-0.4, -0.2) is 30.7 Å². The molecule has 6 nitrogen and oxygen atoms in total. The molecular formula is C19H26N4O2. The molecule has 1 atom stereocenters. The number of aryl methyl sites for hydroxylation is 1. The number of nitrogens with two attached hydrogens (primary N) is 1. The minimum atomic E-state index is 0.168. The van der Waals surface area contributed by atoms with Crippen molar-refractivity contribution < 1.29 is 9.47 Å². The Hall–Kier alpha value is -2.50. The number of aromatic nitrogens is 2. The molecule has 1 aliphatic heterocycles. The summed E-state index contributed by atoms with van der Waals surface area (Å²) in [6, 6.07) is 8.13. The number of rotatable bonds is 4. The van der Waals surface area contributed by atoms with Crippen molar-refractivity contribution in [3.63, 3.8) is 0 Å². The quantitative estimate of drug-likeness (QED) is 0.916. The fraction of sp³-hybridized carbons (Fsp3) is 0.474. The first kappa shape index (κ1) is 17.3. The number of nitrogens with zero attached hydrogens (tertiary/aromatic N) is 3. The molecule has 0 unspecified atom stereocenters. The van der Waals surface area contributed by atoms with Crippen molar-refractivity contribution in [2.45, 2.75) is 38.6 Å². The molecule has 1 aromatic carbocycles. The van der Waals surface area contributed by atoms with Gasteiger partial charge < -0.3 is 20.1 Å². The third-order valence-corrected chi connectivity index (χ3v) is 4.70. The fourth-order valence-corrected chi connectivity index (χ4v) is 3.53. The van der Waals surface area contributed by atoms with Gasteiger partial charge in [0, 0.05) is 23.9 Å². The molecule has 0 amide bonds. The number of ether oxygens (including phenoxy) is 2. The van der Waals surface area contributed by atoms with E-state index in [-0.39, 0.29) is 6.04 Å². The van der Waals surface area contributed by atoms with E-state index >= 15 is 0 Å². The van der Waals surface area contributed by atoms with E-state index in [1.165, 1.54) is 12.8 Å². The predicted octanol–water partition coefficient (Wildman–Crippen LogP) is 3.51. The van der Waals surface area contributed by atoms with Gasteiger partial charge >= 0.3 is 0 Å². The normalized spacial score (nSPS) is 17.9. The number of methoxy groups -OCH3 is 2. The van der Waals surface area contributed by atoms with Crippen molar-refractivity contribution >= 4 is 11.8 Å². The fourth-order valence-electron chi connectivity index (χ4n) is 3.53. The van der Waals surface area contributed by atoms with E-state index in [1.54, 1.807) is 14.2 Å². The lowest BCUT2D eigenvalue weighted by Crippen LogP contribution is -2.30. The first-order chi connectivity index (χ1) is 12.1. The standard InChI is InChI=1S/C19H26N4O2/c1-13-11-18(22-19(20)21-13)23-10-6-4-5-7-16(23)15-12-14(24-2)8-9-17(15)25-3/h8-9,11-12,16H,4-7,10H2,1-3H3,(H2,20,21,22)/t16-/m1/s1. The first-order valence-corrected chi connectivity index (χ1v) is 8.72. The van der Waals surface area contributed by atoms with E-state index in [4.69, 9.17) is 15.2 Å². The highest BCUT2D eigenvalue weighted by Gasteiger charge is 2.27. The van der Waals surface area contributed by atoms with Gasteiger partial charge in [-0.15, -0.1) is 0 Å². The number of hydrogen-bond donors (Lipinski definition) is 1. The van der Waals surface area contributed by atoms with Gasteiger partial charge in [-0.05, 0) is 38.0 Å². The molecule has 1 fully saturated rings. The molecule has 0 radical (unpaired) electrons. The van der Waals surface area contributed by atoms with Gasteiger partial charge in [0.05, 0.1) is 20.3 Å². The first-order valence-electron chi connectivity index (χ1n) is 8.72. The zero-order valence-electron chi connectivity index (χ0n) is 15.2. The average Bonchev–Trinajstić information content (AvgIpc) is 2.86. The second kappa shape index (κ2) is 7.59. The molecule has 2 aromatic rings. The maximum absolute atomic E-state index is 5.90. The molecule has 134 valence electrons. The van der Waals surface area contributed by atoms with Crippen LogP contribution >= 0.6 is 0 Å². The van der Waals surface area contributed by atoms with Crippen LogP contribution in [0.3, 0.4) is 0 Å². The minimum Gasteiger partial charge on any atom is -0.497 e. The molecule has 3 rings (SSSR count). The third-order valence-electron chi connectivity index (χ3n) is 4.70. The Bertz CT molecular complexity index is 715. The van der Waals surface area contributed by atoms with E-state index in [2.05, 4.69) is 20.9 Å². The monoisotopic (exact) mass is 342 g/mol. The number of benzene rings is 1. The van der Waals surface area contributed by atoms with Gasteiger partial charge in [-0.3, -0.25) is 0 Å². The Morgan fingerprint density at radius 2 is 1.92 bits per heavy atom. The summed E-state index contributed by atoms with van der Waals surface area (Å²) in [5.41, 5.74) is 7.90. The van der Waals surface area contributed by atoms with Crippen LogP contribution in [0.25, 0.3) is 0 Å². The lowest BCUT2D eigenvalue weighted by molar-refractivity contribution is 0.392. The zero-order chi connectivity index (χ0) is 17.8. The summed E-state index contributed by atoms with van der Waals surface area (Å²) in [6.07, 6.45) is 4.54. The second-order valence-corrected chi connectivity index (χ2v) is 6.39. The van der Waals surface area contributed by atoms with Gasteiger partial charge in [0.2, 0.25) is 5.95 Å². The maximum atomic E-state index is 5.90. The Morgan fingerprint density at radius 1 is 1.08 bits per heavy atom. The van der Waals surface area contributed by atoms with E-state index in [0.717, 1.165) is 48.0 Å². The number of hydrogen-bond acceptors (Lipinski definition) is 6. The van der Waals surface area contributed by atoms with Gasteiger partial charge in [-0.25, -0.2) is 4.98 Å². The van der Waals surface area contributed by atoms with Crippen LogP contribution in [0.4, 0.5) is 11.8 Å². The summed E-state index contributed by atoms with van der Waals surface area (Å²) in [4.78, 5) is 11.0. The molecule has 0 spiro atoms. The van der Waals surface area contributed by atoms with Crippen LogP contribution in [0, 0.1) is 6.92 Å². The number of anilines is 2. The van der Waals surface area contributed by atoms with Crippen molar-refractivity contribution in [2.75, 3.05) is 31.4 Å². The van der Waals surface area contributed by atoms with Crippen molar-refractivity contribution in [2.24, 2.45) is 0 Å². The molecular weight excluding hydrogens is 316 g/mol. The number of nitrogen functional groups attached to an aromatic ring is 1. The lowest BCUT2D eigenvalue weighted by Gasteiger charge is -2.32. The molecule has 2 N–H and O–H groups in total. The van der Waals surface area contributed by atoms with Crippen LogP contribution < -0.4 is 20.1 Å². The molecule has 0 saturated carbocycles. The van der Waals surface area contributed by atoms with Crippen LogP contribution in [0.15, 0.2) is 24.3 Å². The van der Waals surface area contributed by atoms with Crippen molar-refractivity contribution in [1.29, 1.82) is 0 Å². The van der Waals surface area contributed by atoms with Crippen LogP contribution in [-0.2, 0) is 0 Å². The molecule has 6 heteroatoms. The highest BCUT2D eigenvalue weighted by Crippen LogP contribution is 2.39. The van der Waals surface area contributed by atoms with Crippen LogP contribution in [0.2, 0.25) is 0 Å². The molecule has 25 heavy (non-hydrogen) atoms. The summed E-state index contributed by atoms with van der Waals surface area (Å²) in [5, 5.41) is 0. The Morgan fingerprint density at radius 3 is 2.64 bits per heavy atom. The van der Waals surface area contributed by atoms with E-state index in [9.17, 15) is 0 Å². The van der Waals surface area contributed by atoms with Gasteiger partial charge in [-0.2, -0.15) is 4.98 Å². The van der Waals surface area contributed by atoms with Crippen molar-refractivity contribution in [3.8, 4) is 11.5 Å². The molecule has 1 saturated heterocycles. The predicted molar refractivity (Wildman–Crippen MR) is 99.3 cm³/mol. The summed E-state index contributed by atoms with van der Waals surface area (Å²) in [5.74, 6) is 2.90. The summed E-state index contributed by atoms with van der Waals surface area (Å²) >= 11 is 0. The smallest absolute Gasteiger partial charge is 0.222 e. The topological polar surface area (TPSA) is 73.5 Å². The largest absolute Gasteiger partial charge is 0.497 e. The van der Waals surface area contributed by atoms with Gasteiger partial charge in [-0.1, -0.05) is 12.8 Å². The lowest BCUT2D eigenvalue weighted by atomic mass is 9.99. The Balaban J connectivity index is 2.07. The van der Waals surface area contributed by atoms with Crippen molar-refractivity contribution in [1.82, 2.24) is 9.97 Å². The van der Waals surface area contributed by atoms with E-state index in [1.807, 2.05) is 25.1 Å². The van der Waals surface area contributed by atoms with Gasteiger partial charge in [0.1, 0.15) is 17.3 Å².